The molecule has 1 atom stereocenters. The molecule has 6 heteroatoms. The lowest BCUT2D eigenvalue weighted by Gasteiger charge is -2.15. The van der Waals surface area contributed by atoms with Crippen molar-refractivity contribution in [2.75, 3.05) is 11.9 Å². The van der Waals surface area contributed by atoms with Crippen molar-refractivity contribution in [1.82, 2.24) is 5.32 Å². The van der Waals surface area contributed by atoms with Gasteiger partial charge in [0, 0.05) is 10.5 Å². The van der Waals surface area contributed by atoms with Crippen LogP contribution in [0, 0.1) is 13.8 Å². The Morgan fingerprint density at radius 2 is 1.78 bits per heavy atom. The summed E-state index contributed by atoms with van der Waals surface area (Å²) in [4.78, 5) is 24.7. The van der Waals surface area contributed by atoms with Crippen LogP contribution in [0.1, 0.15) is 41.8 Å². The van der Waals surface area contributed by atoms with Gasteiger partial charge in [0.2, 0.25) is 0 Å². The molecule has 2 aromatic carbocycles. The predicted octanol–water partition coefficient (Wildman–Crippen LogP) is 4.61. The Labute approximate surface area is 168 Å². The minimum absolute atomic E-state index is 0.0634. The third-order valence-corrected chi connectivity index (χ3v) is 5.47. The highest BCUT2D eigenvalue weighted by Gasteiger charge is 2.15. The minimum Gasteiger partial charge on any atom is -0.484 e. The predicted molar refractivity (Wildman–Crippen MR) is 111 cm³/mol. The molecular formula is C21H25BrN2O3. The Hall–Kier alpha value is -2.34. The summed E-state index contributed by atoms with van der Waals surface area (Å²) in [5.74, 6) is 0.100. The first kappa shape index (κ1) is 21.0. The van der Waals surface area contributed by atoms with E-state index in [9.17, 15) is 9.59 Å². The van der Waals surface area contributed by atoms with E-state index >= 15 is 0 Å². The molecular weight excluding hydrogens is 408 g/mol. The second-order valence-electron chi connectivity index (χ2n) is 6.54. The number of rotatable bonds is 7. The summed E-state index contributed by atoms with van der Waals surface area (Å²) >= 11 is 3.51. The van der Waals surface area contributed by atoms with E-state index in [2.05, 4.69) is 26.6 Å². The molecule has 2 N–H and O–H groups in total. The van der Waals surface area contributed by atoms with Crippen LogP contribution in [0.5, 0.6) is 5.75 Å². The number of amides is 2. The number of hydrogen-bond acceptors (Lipinski definition) is 3. The standard InChI is InChI=1S/C21H25BrN2O3/c1-5-15(4)23-21(26)17-8-6-7-9-18(17)24-19(25)12-27-16-10-13(2)20(22)14(3)11-16/h6-11,15H,5,12H2,1-4H3,(H,23,26)(H,24,25)/t15-/m1/s1. The molecule has 0 saturated carbocycles. The summed E-state index contributed by atoms with van der Waals surface area (Å²) in [5, 5.41) is 5.67. The van der Waals surface area contributed by atoms with Crippen molar-refractivity contribution in [2.45, 2.75) is 40.2 Å². The van der Waals surface area contributed by atoms with Gasteiger partial charge in [0.25, 0.3) is 11.8 Å². The highest BCUT2D eigenvalue weighted by atomic mass is 79.9. The minimum atomic E-state index is -0.322. The SMILES string of the molecule is CC[C@@H](C)NC(=O)c1ccccc1NC(=O)COc1cc(C)c(Br)c(C)c1. The van der Waals surface area contributed by atoms with Crippen LogP contribution in [0.3, 0.4) is 0 Å². The molecule has 144 valence electrons. The molecule has 0 unspecified atom stereocenters. The number of para-hydroxylation sites is 1. The number of benzene rings is 2. The fourth-order valence-electron chi connectivity index (χ4n) is 2.52. The van der Waals surface area contributed by atoms with Gasteiger partial charge in [-0.2, -0.15) is 0 Å². The molecule has 27 heavy (non-hydrogen) atoms. The van der Waals surface area contributed by atoms with Gasteiger partial charge >= 0.3 is 0 Å². The van der Waals surface area contributed by atoms with Crippen molar-refractivity contribution in [1.29, 1.82) is 0 Å². The van der Waals surface area contributed by atoms with Gasteiger partial charge < -0.3 is 15.4 Å². The maximum absolute atomic E-state index is 12.4. The summed E-state index contributed by atoms with van der Waals surface area (Å²) in [7, 11) is 0. The van der Waals surface area contributed by atoms with E-state index < -0.39 is 0 Å². The quantitative estimate of drug-likeness (QED) is 0.670. The Bertz CT molecular complexity index is 813. The molecule has 0 aliphatic rings. The topological polar surface area (TPSA) is 67.4 Å². The molecule has 0 spiro atoms. The summed E-state index contributed by atoms with van der Waals surface area (Å²) < 4.78 is 6.63. The van der Waals surface area contributed by atoms with Gasteiger partial charge in [0.1, 0.15) is 5.75 Å². The van der Waals surface area contributed by atoms with Crippen LogP contribution in [0.2, 0.25) is 0 Å². The molecule has 2 amide bonds. The lowest BCUT2D eigenvalue weighted by molar-refractivity contribution is -0.118. The number of aryl methyl sites for hydroxylation is 2. The van der Waals surface area contributed by atoms with E-state index in [1.165, 1.54) is 0 Å². The summed E-state index contributed by atoms with van der Waals surface area (Å²) in [6.07, 6.45) is 0.833. The van der Waals surface area contributed by atoms with Crippen molar-refractivity contribution in [3.8, 4) is 5.75 Å². The largest absolute Gasteiger partial charge is 0.484 e. The van der Waals surface area contributed by atoms with Gasteiger partial charge in [-0.05, 0) is 62.6 Å². The second-order valence-corrected chi connectivity index (χ2v) is 7.33. The molecule has 0 heterocycles. The summed E-state index contributed by atoms with van der Waals surface area (Å²) in [6, 6.07) is 10.7. The van der Waals surface area contributed by atoms with Crippen molar-refractivity contribution in [3.63, 3.8) is 0 Å². The molecule has 2 aromatic rings. The number of hydrogen-bond donors (Lipinski definition) is 2. The van der Waals surface area contributed by atoms with Crippen LogP contribution >= 0.6 is 15.9 Å². The van der Waals surface area contributed by atoms with Crippen molar-refractivity contribution < 1.29 is 14.3 Å². The van der Waals surface area contributed by atoms with Crippen LogP contribution in [0.15, 0.2) is 40.9 Å². The number of carbonyl (C=O) groups excluding carboxylic acids is 2. The van der Waals surface area contributed by atoms with Gasteiger partial charge in [-0.25, -0.2) is 0 Å². The van der Waals surface area contributed by atoms with E-state index in [1.54, 1.807) is 24.3 Å². The van der Waals surface area contributed by atoms with E-state index in [1.807, 2.05) is 39.8 Å². The monoisotopic (exact) mass is 432 g/mol. The molecule has 0 aliphatic heterocycles. The van der Waals surface area contributed by atoms with Crippen molar-refractivity contribution in [2.24, 2.45) is 0 Å². The van der Waals surface area contributed by atoms with E-state index in [0.717, 1.165) is 22.0 Å². The number of carbonyl (C=O) groups is 2. The van der Waals surface area contributed by atoms with Gasteiger partial charge in [-0.3, -0.25) is 9.59 Å². The molecule has 0 saturated heterocycles. The van der Waals surface area contributed by atoms with Crippen LogP contribution in [0.4, 0.5) is 5.69 Å². The Balaban J connectivity index is 2.03. The Morgan fingerprint density at radius 1 is 1.15 bits per heavy atom. The number of ether oxygens (including phenoxy) is 1. The molecule has 0 fully saturated rings. The first-order valence-corrected chi connectivity index (χ1v) is 9.70. The molecule has 0 radical (unpaired) electrons. The van der Waals surface area contributed by atoms with E-state index in [-0.39, 0.29) is 24.5 Å². The van der Waals surface area contributed by atoms with Crippen LogP contribution < -0.4 is 15.4 Å². The zero-order valence-corrected chi connectivity index (χ0v) is 17.6. The van der Waals surface area contributed by atoms with Gasteiger partial charge in [0.15, 0.2) is 6.61 Å². The van der Waals surface area contributed by atoms with Crippen LogP contribution in [0.25, 0.3) is 0 Å². The first-order chi connectivity index (χ1) is 12.8. The zero-order chi connectivity index (χ0) is 20.0. The Kier molecular flexibility index (Phi) is 7.42. The average Bonchev–Trinajstić information content (AvgIpc) is 2.64. The average molecular weight is 433 g/mol. The van der Waals surface area contributed by atoms with E-state index in [0.29, 0.717) is 17.0 Å². The lowest BCUT2D eigenvalue weighted by Crippen LogP contribution is -2.33. The van der Waals surface area contributed by atoms with E-state index in [4.69, 9.17) is 4.74 Å². The number of anilines is 1. The fraction of sp³-hybridized carbons (Fsp3) is 0.333. The van der Waals surface area contributed by atoms with Crippen LogP contribution in [-0.2, 0) is 4.79 Å². The van der Waals surface area contributed by atoms with Crippen LogP contribution in [-0.4, -0.2) is 24.5 Å². The number of nitrogens with one attached hydrogen (secondary N) is 2. The highest BCUT2D eigenvalue weighted by Crippen LogP contribution is 2.26. The van der Waals surface area contributed by atoms with Gasteiger partial charge in [-0.1, -0.05) is 35.0 Å². The Morgan fingerprint density at radius 3 is 2.41 bits per heavy atom. The maximum atomic E-state index is 12.4. The summed E-state index contributed by atoms with van der Waals surface area (Å²) in [5.41, 5.74) is 2.98. The molecule has 5 nitrogen and oxygen atoms in total. The lowest BCUT2D eigenvalue weighted by atomic mass is 10.1. The second kappa shape index (κ2) is 9.55. The first-order valence-electron chi connectivity index (χ1n) is 8.91. The smallest absolute Gasteiger partial charge is 0.262 e. The molecule has 0 bridgehead atoms. The van der Waals surface area contributed by atoms with Gasteiger partial charge in [0.05, 0.1) is 11.3 Å². The highest BCUT2D eigenvalue weighted by molar-refractivity contribution is 9.10. The fourth-order valence-corrected chi connectivity index (χ4v) is 2.75. The third kappa shape index (κ3) is 5.82. The van der Waals surface area contributed by atoms with Crippen molar-refractivity contribution >= 4 is 33.4 Å². The summed E-state index contributed by atoms with van der Waals surface area (Å²) in [6.45, 7) is 7.74. The number of halogens is 1. The molecule has 2 rings (SSSR count). The van der Waals surface area contributed by atoms with Crippen molar-refractivity contribution in [3.05, 3.63) is 57.6 Å². The zero-order valence-electron chi connectivity index (χ0n) is 16.1. The maximum Gasteiger partial charge on any atom is 0.262 e. The normalized spacial score (nSPS) is 11.6. The van der Waals surface area contributed by atoms with Gasteiger partial charge in [-0.15, -0.1) is 0 Å². The molecule has 0 aliphatic carbocycles. The molecule has 0 aromatic heterocycles. The third-order valence-electron chi connectivity index (χ3n) is 4.22.